The molecule has 194 valence electrons. The maximum absolute atomic E-state index is 13.9. The molecular weight excluding hydrogens is 511 g/mol. The molecule has 4 aromatic rings. The Morgan fingerprint density at radius 1 is 1.05 bits per heavy atom. The van der Waals surface area contributed by atoms with Crippen molar-refractivity contribution in [1.82, 2.24) is 4.98 Å². The number of amides is 1. The van der Waals surface area contributed by atoms with Crippen LogP contribution in [0.2, 0.25) is 0 Å². The van der Waals surface area contributed by atoms with E-state index in [1.54, 1.807) is 31.2 Å². The van der Waals surface area contributed by atoms with Crippen LogP contribution in [0.5, 0.6) is 17.2 Å². The number of carbonyl (C=O) groups is 2. The molecule has 8 nitrogen and oxygen atoms in total. The molecule has 0 bridgehead atoms. The molecule has 10 heteroatoms. The molecule has 1 atom stereocenters. The van der Waals surface area contributed by atoms with Gasteiger partial charge in [0.1, 0.15) is 17.3 Å². The number of phenolic OH excluding ortho intramolecular Hbond substituents is 1. The van der Waals surface area contributed by atoms with Gasteiger partial charge in [-0.1, -0.05) is 29.5 Å². The predicted molar refractivity (Wildman–Crippen MR) is 141 cm³/mol. The Morgan fingerprint density at radius 3 is 2.61 bits per heavy atom. The molecule has 1 aromatic heterocycles. The standard InChI is InChI=1S/C28H23FN2O6S/c1-3-36-18-7-5-6-16(12-18)25(33)23-24(15-8-11-20(32)21(13-15)37-4-2)31(27(35)26(23)34)28-30-19-10-9-17(29)14-22(19)38-28/h5-14,24,32-33H,3-4H2,1-2H3/b25-23+. The molecule has 0 saturated carbocycles. The first-order valence-electron chi connectivity index (χ1n) is 11.9. The second-order valence-electron chi connectivity index (χ2n) is 8.40. The summed E-state index contributed by atoms with van der Waals surface area (Å²) < 4.78 is 25.4. The smallest absolute Gasteiger partial charge is 0.301 e. The number of ketones is 1. The third-order valence-corrected chi connectivity index (χ3v) is 7.03. The van der Waals surface area contributed by atoms with Crippen molar-refractivity contribution < 1.29 is 33.7 Å². The molecule has 2 heterocycles. The first-order valence-corrected chi connectivity index (χ1v) is 12.7. The lowest BCUT2D eigenvalue weighted by Crippen LogP contribution is -2.29. The monoisotopic (exact) mass is 534 g/mol. The van der Waals surface area contributed by atoms with Crippen LogP contribution < -0.4 is 14.4 Å². The highest BCUT2D eigenvalue weighted by molar-refractivity contribution is 7.22. The number of phenols is 1. The third kappa shape index (κ3) is 4.43. The van der Waals surface area contributed by atoms with E-state index in [-0.39, 0.29) is 34.4 Å². The van der Waals surface area contributed by atoms with Crippen LogP contribution in [0.1, 0.15) is 31.0 Å². The summed E-state index contributed by atoms with van der Waals surface area (Å²) in [5, 5.41) is 21.8. The Balaban J connectivity index is 1.73. The zero-order chi connectivity index (χ0) is 27.0. The Morgan fingerprint density at radius 2 is 1.84 bits per heavy atom. The number of ether oxygens (including phenoxy) is 2. The number of nitrogens with zero attached hydrogens (tertiary/aromatic N) is 2. The second kappa shape index (κ2) is 10.1. The molecule has 2 N–H and O–H groups in total. The average molecular weight is 535 g/mol. The normalized spacial score (nSPS) is 16.8. The van der Waals surface area contributed by atoms with Crippen LogP contribution in [-0.2, 0) is 9.59 Å². The number of thiazole rings is 1. The number of halogens is 1. The van der Waals surface area contributed by atoms with Gasteiger partial charge >= 0.3 is 5.91 Å². The number of Topliss-reactive ketones (excluding diaryl/α,β-unsaturated/α-hetero) is 1. The molecule has 1 aliphatic heterocycles. The average Bonchev–Trinajstić information content (AvgIpc) is 3.43. The minimum Gasteiger partial charge on any atom is -0.507 e. The largest absolute Gasteiger partial charge is 0.507 e. The molecule has 0 radical (unpaired) electrons. The lowest BCUT2D eigenvalue weighted by molar-refractivity contribution is -0.132. The van der Waals surface area contributed by atoms with Crippen molar-refractivity contribution in [3.8, 4) is 17.2 Å². The van der Waals surface area contributed by atoms with E-state index in [1.165, 1.54) is 41.3 Å². The fourth-order valence-electron chi connectivity index (χ4n) is 4.36. The quantitative estimate of drug-likeness (QED) is 0.181. The summed E-state index contributed by atoms with van der Waals surface area (Å²) in [6.07, 6.45) is 0. The Kier molecular flexibility index (Phi) is 6.73. The zero-order valence-electron chi connectivity index (χ0n) is 20.5. The van der Waals surface area contributed by atoms with Crippen LogP contribution >= 0.6 is 11.3 Å². The third-order valence-electron chi connectivity index (χ3n) is 6.01. The SMILES string of the molecule is CCOc1cccc(/C(O)=C2\C(=O)C(=O)N(c3nc4ccc(F)cc4s3)C2c2ccc(O)c(OCC)c2)c1. The molecule has 0 aliphatic carbocycles. The van der Waals surface area contributed by atoms with Crippen LogP contribution in [0.4, 0.5) is 9.52 Å². The van der Waals surface area contributed by atoms with Gasteiger partial charge in [-0.3, -0.25) is 14.5 Å². The zero-order valence-corrected chi connectivity index (χ0v) is 21.3. The highest BCUT2D eigenvalue weighted by Crippen LogP contribution is 2.46. The lowest BCUT2D eigenvalue weighted by Gasteiger charge is -2.23. The van der Waals surface area contributed by atoms with E-state index < -0.39 is 29.3 Å². The molecule has 3 aromatic carbocycles. The van der Waals surface area contributed by atoms with Crippen molar-refractivity contribution in [3.63, 3.8) is 0 Å². The number of rotatable bonds is 7. The number of aliphatic hydroxyl groups excluding tert-OH is 1. The summed E-state index contributed by atoms with van der Waals surface area (Å²) in [7, 11) is 0. The van der Waals surface area contributed by atoms with Gasteiger partial charge < -0.3 is 19.7 Å². The first kappa shape index (κ1) is 25.2. The molecule has 1 unspecified atom stereocenters. The molecule has 38 heavy (non-hydrogen) atoms. The number of fused-ring (bicyclic) bond motifs is 1. The van der Waals surface area contributed by atoms with Crippen molar-refractivity contribution in [2.75, 3.05) is 18.1 Å². The van der Waals surface area contributed by atoms with Gasteiger partial charge in [0.25, 0.3) is 5.78 Å². The van der Waals surface area contributed by atoms with Crippen LogP contribution in [0.3, 0.4) is 0 Å². The molecular formula is C28H23FN2O6S. The number of hydrogen-bond donors (Lipinski definition) is 2. The summed E-state index contributed by atoms with van der Waals surface area (Å²) in [5.74, 6) is -2.14. The van der Waals surface area contributed by atoms with E-state index >= 15 is 0 Å². The fourth-order valence-corrected chi connectivity index (χ4v) is 5.38. The van der Waals surface area contributed by atoms with E-state index in [1.807, 2.05) is 6.92 Å². The molecule has 1 amide bonds. The number of benzene rings is 3. The Hall–Kier alpha value is -4.44. The molecule has 0 spiro atoms. The van der Waals surface area contributed by atoms with Crippen LogP contribution in [0.25, 0.3) is 16.0 Å². The Bertz CT molecular complexity index is 1600. The van der Waals surface area contributed by atoms with E-state index in [9.17, 15) is 24.2 Å². The lowest BCUT2D eigenvalue weighted by atomic mass is 9.95. The number of carbonyl (C=O) groups excluding carboxylic acids is 2. The number of aromatic nitrogens is 1. The highest BCUT2D eigenvalue weighted by Gasteiger charge is 2.48. The first-order chi connectivity index (χ1) is 18.3. The number of hydrogen-bond acceptors (Lipinski definition) is 8. The van der Waals surface area contributed by atoms with Gasteiger partial charge in [0.05, 0.1) is 35.0 Å². The van der Waals surface area contributed by atoms with Crippen molar-refractivity contribution in [3.05, 3.63) is 83.2 Å². The van der Waals surface area contributed by atoms with Crippen molar-refractivity contribution in [2.24, 2.45) is 0 Å². The van der Waals surface area contributed by atoms with Gasteiger partial charge in [-0.15, -0.1) is 0 Å². The number of aliphatic hydroxyl groups is 1. The highest BCUT2D eigenvalue weighted by atomic mass is 32.1. The maximum atomic E-state index is 13.9. The van der Waals surface area contributed by atoms with Gasteiger partial charge in [0.2, 0.25) is 0 Å². The van der Waals surface area contributed by atoms with Gasteiger partial charge in [0, 0.05) is 5.56 Å². The number of anilines is 1. The predicted octanol–water partition coefficient (Wildman–Crippen LogP) is 5.56. The summed E-state index contributed by atoms with van der Waals surface area (Å²) in [6, 6.07) is 14.0. The molecule has 5 rings (SSSR count). The van der Waals surface area contributed by atoms with Gasteiger partial charge in [0.15, 0.2) is 16.6 Å². The van der Waals surface area contributed by atoms with Gasteiger partial charge in [-0.05, 0) is 61.9 Å². The van der Waals surface area contributed by atoms with Gasteiger partial charge in [-0.2, -0.15) is 0 Å². The summed E-state index contributed by atoms with van der Waals surface area (Å²) >= 11 is 1.05. The summed E-state index contributed by atoms with van der Waals surface area (Å²) in [5.41, 5.74) is 0.979. The number of aromatic hydroxyl groups is 1. The van der Waals surface area contributed by atoms with Crippen LogP contribution in [-0.4, -0.2) is 40.1 Å². The van der Waals surface area contributed by atoms with Crippen LogP contribution in [0.15, 0.2) is 66.2 Å². The minimum atomic E-state index is -1.10. The van der Waals surface area contributed by atoms with Gasteiger partial charge in [-0.25, -0.2) is 9.37 Å². The minimum absolute atomic E-state index is 0.118. The van der Waals surface area contributed by atoms with E-state index in [0.717, 1.165) is 11.3 Å². The van der Waals surface area contributed by atoms with E-state index in [4.69, 9.17) is 9.47 Å². The molecule has 1 aliphatic rings. The topological polar surface area (TPSA) is 109 Å². The van der Waals surface area contributed by atoms with Crippen molar-refractivity contribution >= 4 is 44.1 Å². The summed E-state index contributed by atoms with van der Waals surface area (Å²) in [6.45, 7) is 4.25. The fraction of sp³-hybridized carbons (Fsp3) is 0.179. The van der Waals surface area contributed by atoms with Crippen molar-refractivity contribution in [1.29, 1.82) is 0 Å². The summed E-state index contributed by atoms with van der Waals surface area (Å²) in [4.78, 5) is 32.5. The van der Waals surface area contributed by atoms with E-state index in [0.29, 0.717) is 28.1 Å². The Labute approximate surface area is 221 Å². The van der Waals surface area contributed by atoms with Crippen molar-refractivity contribution in [2.45, 2.75) is 19.9 Å². The second-order valence-corrected chi connectivity index (χ2v) is 9.41. The molecule has 1 fully saturated rings. The maximum Gasteiger partial charge on any atom is 0.301 e. The van der Waals surface area contributed by atoms with E-state index in [2.05, 4.69) is 4.98 Å². The molecule has 1 saturated heterocycles. The van der Waals surface area contributed by atoms with Crippen LogP contribution in [0, 0.1) is 5.82 Å².